The molecule has 0 N–H and O–H groups in total. The molecule has 2 heterocycles. The van der Waals surface area contributed by atoms with Crippen molar-refractivity contribution < 1.29 is 4.79 Å². The van der Waals surface area contributed by atoms with Gasteiger partial charge in [0.05, 0.1) is 11.4 Å². The van der Waals surface area contributed by atoms with Gasteiger partial charge in [0.25, 0.3) is 0 Å². The fourth-order valence-electron chi connectivity index (χ4n) is 1.66. The molecule has 0 saturated carbocycles. The first-order chi connectivity index (χ1) is 6.36. The number of thiophene rings is 1. The van der Waals surface area contributed by atoms with E-state index in [2.05, 4.69) is 4.90 Å². The second-order valence-corrected chi connectivity index (χ2v) is 4.33. The molecule has 1 aromatic rings. The average molecular weight is 195 g/mol. The maximum atomic E-state index is 11.6. The van der Waals surface area contributed by atoms with Crippen molar-refractivity contribution in [2.75, 3.05) is 19.6 Å². The van der Waals surface area contributed by atoms with Crippen molar-refractivity contribution in [3.05, 3.63) is 22.4 Å². The van der Waals surface area contributed by atoms with Gasteiger partial charge in [0.2, 0.25) is 0 Å². The van der Waals surface area contributed by atoms with E-state index in [1.54, 1.807) is 0 Å². The first-order valence-corrected chi connectivity index (χ1v) is 5.53. The maximum Gasteiger partial charge on any atom is 0.186 e. The van der Waals surface area contributed by atoms with Gasteiger partial charge < -0.3 is 0 Å². The van der Waals surface area contributed by atoms with Gasteiger partial charge >= 0.3 is 0 Å². The highest BCUT2D eigenvalue weighted by Crippen LogP contribution is 2.12. The minimum Gasteiger partial charge on any atom is -0.296 e. The molecule has 70 valence electrons. The molecule has 1 aliphatic rings. The van der Waals surface area contributed by atoms with Gasteiger partial charge in [-0.2, -0.15) is 0 Å². The predicted octanol–water partition coefficient (Wildman–Crippen LogP) is 2.03. The van der Waals surface area contributed by atoms with Gasteiger partial charge in [-0.25, -0.2) is 0 Å². The lowest BCUT2D eigenvalue weighted by molar-refractivity contribution is 0.0949. The van der Waals surface area contributed by atoms with E-state index in [0.29, 0.717) is 6.54 Å². The quantitative estimate of drug-likeness (QED) is 0.688. The normalized spacial score (nSPS) is 17.8. The molecule has 0 aliphatic carbocycles. The molecule has 0 aromatic carbocycles. The van der Waals surface area contributed by atoms with Crippen LogP contribution in [0.25, 0.3) is 0 Å². The summed E-state index contributed by atoms with van der Waals surface area (Å²) < 4.78 is 0. The molecule has 1 aliphatic heterocycles. The van der Waals surface area contributed by atoms with Crippen molar-refractivity contribution in [1.82, 2.24) is 4.90 Å². The zero-order valence-corrected chi connectivity index (χ0v) is 8.35. The molecule has 0 amide bonds. The fraction of sp³-hybridized carbons (Fsp3) is 0.500. The SMILES string of the molecule is O=C(CN1CCCC1)c1cccs1. The van der Waals surface area contributed by atoms with Gasteiger partial charge in [0.1, 0.15) is 0 Å². The number of hydrogen-bond acceptors (Lipinski definition) is 3. The predicted molar refractivity (Wildman–Crippen MR) is 54.3 cm³/mol. The largest absolute Gasteiger partial charge is 0.296 e. The highest BCUT2D eigenvalue weighted by molar-refractivity contribution is 7.12. The van der Waals surface area contributed by atoms with Gasteiger partial charge in [-0.15, -0.1) is 11.3 Å². The summed E-state index contributed by atoms with van der Waals surface area (Å²) in [5, 5.41) is 1.96. The first-order valence-electron chi connectivity index (χ1n) is 4.65. The molecule has 3 heteroatoms. The Balaban J connectivity index is 1.91. The second kappa shape index (κ2) is 4.03. The number of Topliss-reactive ketones (excluding diaryl/α,β-unsaturated/α-hetero) is 1. The van der Waals surface area contributed by atoms with Crippen molar-refractivity contribution in [3.63, 3.8) is 0 Å². The minimum atomic E-state index is 0.275. The van der Waals surface area contributed by atoms with Crippen LogP contribution in [0.3, 0.4) is 0 Å². The average Bonchev–Trinajstić information content (AvgIpc) is 2.74. The van der Waals surface area contributed by atoms with Crippen LogP contribution in [0.4, 0.5) is 0 Å². The van der Waals surface area contributed by atoms with E-state index in [-0.39, 0.29) is 5.78 Å². The number of ketones is 1. The summed E-state index contributed by atoms with van der Waals surface area (Å²) in [7, 11) is 0. The van der Waals surface area contributed by atoms with Gasteiger partial charge in [-0.05, 0) is 37.4 Å². The minimum absolute atomic E-state index is 0.275. The molecule has 0 atom stereocenters. The Labute approximate surface area is 82.2 Å². The molecule has 0 radical (unpaired) electrons. The topological polar surface area (TPSA) is 20.3 Å². The van der Waals surface area contributed by atoms with Crippen molar-refractivity contribution in [1.29, 1.82) is 0 Å². The Morgan fingerprint density at radius 2 is 2.23 bits per heavy atom. The summed E-state index contributed by atoms with van der Waals surface area (Å²) in [6.45, 7) is 2.80. The summed E-state index contributed by atoms with van der Waals surface area (Å²) in [4.78, 5) is 14.8. The monoisotopic (exact) mass is 195 g/mol. The summed E-state index contributed by atoms with van der Waals surface area (Å²) in [6.07, 6.45) is 2.50. The summed E-state index contributed by atoms with van der Waals surface area (Å²) in [5.41, 5.74) is 0. The van der Waals surface area contributed by atoms with Crippen LogP contribution in [0, 0.1) is 0 Å². The number of hydrogen-bond donors (Lipinski definition) is 0. The maximum absolute atomic E-state index is 11.6. The van der Waals surface area contributed by atoms with Crippen LogP contribution in [-0.4, -0.2) is 30.3 Å². The van der Waals surface area contributed by atoms with Crippen LogP contribution >= 0.6 is 11.3 Å². The molecule has 1 fully saturated rings. The first kappa shape index (κ1) is 8.91. The van der Waals surface area contributed by atoms with Crippen LogP contribution in [0.2, 0.25) is 0 Å². The van der Waals surface area contributed by atoms with E-state index in [1.165, 1.54) is 24.2 Å². The van der Waals surface area contributed by atoms with Crippen molar-refractivity contribution in [2.24, 2.45) is 0 Å². The van der Waals surface area contributed by atoms with Crippen LogP contribution in [-0.2, 0) is 0 Å². The van der Waals surface area contributed by atoms with Crippen LogP contribution < -0.4 is 0 Å². The summed E-state index contributed by atoms with van der Waals surface area (Å²) in [5.74, 6) is 0.275. The Kier molecular flexibility index (Phi) is 2.76. The van der Waals surface area contributed by atoms with E-state index >= 15 is 0 Å². The fourth-order valence-corrected chi connectivity index (χ4v) is 2.32. The molecular weight excluding hydrogens is 182 g/mol. The van der Waals surface area contributed by atoms with Crippen LogP contribution in [0.15, 0.2) is 17.5 Å². The standard InChI is InChI=1S/C10H13NOS/c12-9(10-4-3-7-13-10)8-11-5-1-2-6-11/h3-4,7H,1-2,5-6,8H2. The van der Waals surface area contributed by atoms with Gasteiger partial charge in [0, 0.05) is 0 Å². The lowest BCUT2D eigenvalue weighted by atomic mass is 10.3. The number of carbonyl (C=O) groups is 1. The van der Waals surface area contributed by atoms with E-state index in [1.807, 2.05) is 17.5 Å². The van der Waals surface area contributed by atoms with Crippen LogP contribution in [0.1, 0.15) is 22.5 Å². The lowest BCUT2D eigenvalue weighted by Crippen LogP contribution is -2.26. The van der Waals surface area contributed by atoms with E-state index < -0.39 is 0 Å². The summed E-state index contributed by atoms with van der Waals surface area (Å²) in [6, 6.07) is 3.84. The Morgan fingerprint density at radius 3 is 2.85 bits per heavy atom. The third-order valence-corrected chi connectivity index (χ3v) is 3.27. The molecule has 1 saturated heterocycles. The number of rotatable bonds is 3. The van der Waals surface area contributed by atoms with Crippen molar-refractivity contribution in [3.8, 4) is 0 Å². The molecule has 2 nitrogen and oxygen atoms in total. The highest BCUT2D eigenvalue weighted by atomic mass is 32.1. The van der Waals surface area contributed by atoms with E-state index in [0.717, 1.165) is 18.0 Å². The Hall–Kier alpha value is -0.670. The van der Waals surface area contributed by atoms with Crippen molar-refractivity contribution >= 4 is 17.1 Å². The highest BCUT2D eigenvalue weighted by Gasteiger charge is 2.16. The van der Waals surface area contributed by atoms with Crippen molar-refractivity contribution in [2.45, 2.75) is 12.8 Å². The smallest absolute Gasteiger partial charge is 0.186 e. The third kappa shape index (κ3) is 2.17. The molecular formula is C10H13NOS. The van der Waals surface area contributed by atoms with Gasteiger partial charge in [0.15, 0.2) is 5.78 Å². The van der Waals surface area contributed by atoms with Gasteiger partial charge in [-0.1, -0.05) is 6.07 Å². The van der Waals surface area contributed by atoms with E-state index in [9.17, 15) is 4.79 Å². The van der Waals surface area contributed by atoms with Gasteiger partial charge in [-0.3, -0.25) is 9.69 Å². The number of likely N-dealkylation sites (tertiary alicyclic amines) is 1. The molecule has 1 aromatic heterocycles. The number of nitrogens with zero attached hydrogens (tertiary/aromatic N) is 1. The zero-order chi connectivity index (χ0) is 9.10. The molecule has 13 heavy (non-hydrogen) atoms. The summed E-state index contributed by atoms with van der Waals surface area (Å²) >= 11 is 1.54. The Morgan fingerprint density at radius 1 is 1.46 bits per heavy atom. The second-order valence-electron chi connectivity index (χ2n) is 3.38. The molecule has 0 spiro atoms. The number of carbonyl (C=O) groups excluding carboxylic acids is 1. The zero-order valence-electron chi connectivity index (χ0n) is 7.53. The van der Waals surface area contributed by atoms with Crippen LogP contribution in [0.5, 0.6) is 0 Å². The lowest BCUT2D eigenvalue weighted by Gasteiger charge is -2.11. The Bertz CT molecular complexity index is 275. The molecule has 2 rings (SSSR count). The molecule has 0 unspecified atom stereocenters. The molecule has 0 bridgehead atoms. The van der Waals surface area contributed by atoms with E-state index in [4.69, 9.17) is 0 Å². The third-order valence-electron chi connectivity index (χ3n) is 2.36.